The molecule has 11 nitrogen and oxygen atoms in total. The molecule has 6 aromatic carbocycles. The number of carbonyl (C=O) groups is 1. The van der Waals surface area contributed by atoms with Gasteiger partial charge in [-0.25, -0.2) is 4.79 Å². The van der Waals surface area contributed by atoms with Crippen LogP contribution < -0.4 is 27.1 Å². The van der Waals surface area contributed by atoms with Crippen LogP contribution in [0.15, 0.2) is 202 Å². The van der Waals surface area contributed by atoms with Gasteiger partial charge in [0, 0.05) is 5.57 Å². The highest BCUT2D eigenvalue weighted by Crippen LogP contribution is 2.78. The first-order valence-electron chi connectivity index (χ1n) is 18.6. The number of hydrogen-bond acceptors (Lipinski definition) is 11. The quantitative estimate of drug-likeness (QED) is 0.0363. The largest absolute Gasteiger partial charge is 0.462 e. The van der Waals surface area contributed by atoms with Gasteiger partial charge >= 0.3 is 28.9 Å². The van der Waals surface area contributed by atoms with Crippen molar-refractivity contribution in [3.05, 3.63) is 194 Å². The summed E-state index contributed by atoms with van der Waals surface area (Å²) in [7, 11) is -12.0. The van der Waals surface area contributed by atoms with Crippen molar-refractivity contribution >= 4 is 28.9 Å². The second-order valence-corrected chi connectivity index (χ2v) is 19.0. The van der Waals surface area contributed by atoms with E-state index >= 15 is 0 Å². The van der Waals surface area contributed by atoms with Crippen LogP contribution in [0.2, 0.25) is 0 Å². The maximum Gasteiger partial charge on any atom is 0.460 e. The summed E-state index contributed by atoms with van der Waals surface area (Å²) < 4.78 is 62.6. The van der Waals surface area contributed by atoms with Crippen molar-refractivity contribution < 1.29 is 36.7 Å². The normalized spacial score (nSPS) is 16.2. The van der Waals surface area contributed by atoms with Crippen LogP contribution in [0, 0.1) is 0 Å². The number of carbonyl (C=O) groups excluding carboxylic acids is 1. The summed E-state index contributed by atoms with van der Waals surface area (Å²) in [6.45, 7) is 5.55. The summed E-state index contributed by atoms with van der Waals surface area (Å²) in [6, 6.07) is 53.5. The number of rotatable bonds is 18. The Balaban J connectivity index is 1.45. The van der Waals surface area contributed by atoms with E-state index < -0.39 is 28.9 Å². The third-order valence-corrected chi connectivity index (χ3v) is 16.2. The van der Waals surface area contributed by atoms with E-state index in [0.29, 0.717) is 59.3 Å². The standard InChI is InChI=1S/C44H42N3O8P3/c1-36(2)44(48)49-35-21-20-23-37-22-18-19-34-43(37)55-58(54-42-32-16-7-17-33-42)46-56(50-38-24-8-3-9-25-38,51-39-26-10-4-11-27-39)45-57(47-58,52-40-28-12-5-13-29-40)53-41-30-14-6-15-31-41/h3-19,22,24-34H,1,20-21,23,35H2,2H3. The Hall–Kier alpha value is -5.98. The van der Waals surface area contributed by atoms with Gasteiger partial charge in [0.05, 0.1) is 6.61 Å². The molecular weight excluding hydrogens is 791 g/mol. The molecule has 1 aliphatic heterocycles. The summed E-state index contributed by atoms with van der Waals surface area (Å²) in [6.07, 6.45) is 1.89. The van der Waals surface area contributed by atoms with Gasteiger partial charge < -0.3 is 31.9 Å². The summed E-state index contributed by atoms with van der Waals surface area (Å²) in [5.41, 5.74) is 1.21. The van der Waals surface area contributed by atoms with Gasteiger partial charge in [0.15, 0.2) is 0 Å². The van der Waals surface area contributed by atoms with E-state index in [0.717, 1.165) is 5.56 Å². The molecule has 296 valence electrons. The number of nitrogens with zero attached hydrogens (tertiary/aromatic N) is 3. The molecule has 0 fully saturated rings. The zero-order valence-electron chi connectivity index (χ0n) is 31.7. The third kappa shape index (κ3) is 10.9. The fourth-order valence-corrected chi connectivity index (χ4v) is 14.6. The molecule has 6 aromatic rings. The van der Waals surface area contributed by atoms with Crippen LogP contribution in [-0.4, -0.2) is 12.6 Å². The molecule has 0 bridgehead atoms. The second kappa shape index (κ2) is 19.0. The second-order valence-electron chi connectivity index (χ2n) is 12.8. The van der Waals surface area contributed by atoms with Crippen molar-refractivity contribution in [1.82, 2.24) is 0 Å². The molecule has 0 saturated heterocycles. The molecule has 1 unspecified atom stereocenters. The summed E-state index contributed by atoms with van der Waals surface area (Å²) in [4.78, 5) is 12.0. The lowest BCUT2D eigenvalue weighted by Gasteiger charge is -2.33. The van der Waals surface area contributed by atoms with Crippen LogP contribution in [0.1, 0.15) is 25.3 Å². The SMILES string of the molecule is C=C(C)C(=O)OCCCCc1ccccc1OP1(Oc2ccccc2)=NP(Oc2ccccc2)(Oc2ccccc2)=NP(Oc2ccccc2)(Oc2ccccc2)=N1. The molecule has 14 heteroatoms. The smallest absolute Gasteiger partial charge is 0.460 e. The highest BCUT2D eigenvalue weighted by Gasteiger charge is 2.49. The molecule has 0 aliphatic carbocycles. The first-order chi connectivity index (χ1) is 28.3. The molecule has 0 N–H and O–H groups in total. The predicted molar refractivity (Wildman–Crippen MR) is 229 cm³/mol. The Labute approximate surface area is 339 Å². The van der Waals surface area contributed by atoms with Crippen molar-refractivity contribution in [3.8, 4) is 34.5 Å². The van der Waals surface area contributed by atoms with E-state index in [1.54, 1.807) is 67.6 Å². The lowest BCUT2D eigenvalue weighted by Crippen LogP contribution is -2.11. The lowest BCUT2D eigenvalue weighted by atomic mass is 10.1. The molecule has 0 aromatic heterocycles. The van der Waals surface area contributed by atoms with E-state index in [4.69, 9.17) is 45.4 Å². The van der Waals surface area contributed by atoms with Gasteiger partial charge in [-0.05, 0) is 98.5 Å². The van der Waals surface area contributed by atoms with Crippen LogP contribution in [0.4, 0.5) is 0 Å². The zero-order valence-corrected chi connectivity index (χ0v) is 34.4. The van der Waals surface area contributed by atoms with E-state index in [1.165, 1.54) is 0 Å². The first-order valence-corrected chi connectivity index (χ1v) is 23.1. The maximum atomic E-state index is 12.0. The van der Waals surface area contributed by atoms with E-state index in [-0.39, 0.29) is 6.61 Å². The highest BCUT2D eigenvalue weighted by molar-refractivity contribution is 7.79. The molecule has 0 radical (unpaired) electrons. The van der Waals surface area contributed by atoms with Gasteiger partial charge in [0.2, 0.25) is 0 Å². The molecule has 0 saturated carbocycles. The lowest BCUT2D eigenvalue weighted by molar-refractivity contribution is -0.139. The molecule has 58 heavy (non-hydrogen) atoms. The number of esters is 1. The van der Waals surface area contributed by atoms with E-state index in [2.05, 4.69) is 6.58 Å². The predicted octanol–water partition coefficient (Wildman–Crippen LogP) is 13.8. The number of para-hydroxylation sites is 6. The number of benzene rings is 6. The Morgan fingerprint density at radius 2 is 0.793 bits per heavy atom. The van der Waals surface area contributed by atoms with Crippen LogP contribution in [0.3, 0.4) is 0 Å². The fraction of sp³-hybridized carbons (Fsp3) is 0.114. The highest BCUT2D eigenvalue weighted by atomic mass is 31.3. The Morgan fingerprint density at radius 3 is 1.16 bits per heavy atom. The van der Waals surface area contributed by atoms with Crippen LogP contribution >= 0.6 is 23.0 Å². The molecular formula is C44H42N3O8P3. The van der Waals surface area contributed by atoms with E-state index in [9.17, 15) is 4.79 Å². The fourth-order valence-electron chi connectivity index (χ4n) is 5.48. The summed E-state index contributed by atoms with van der Waals surface area (Å²) in [5, 5.41) is 0. The molecule has 1 heterocycles. The minimum atomic E-state index is -4.04. The first kappa shape index (κ1) is 40.2. The number of unbranched alkanes of at least 4 members (excludes halogenated alkanes) is 1. The van der Waals surface area contributed by atoms with E-state index in [1.807, 2.05) is 115 Å². The maximum absolute atomic E-state index is 12.0. The third-order valence-electron chi connectivity index (χ3n) is 8.13. The van der Waals surface area contributed by atoms with Gasteiger partial charge in [-0.15, -0.1) is 0 Å². The minimum absolute atomic E-state index is 0.260. The minimum Gasteiger partial charge on any atom is -0.462 e. The van der Waals surface area contributed by atoms with Gasteiger partial charge in [0.25, 0.3) is 0 Å². The average molecular weight is 834 g/mol. The van der Waals surface area contributed by atoms with Crippen molar-refractivity contribution in [1.29, 1.82) is 0 Å². The van der Waals surface area contributed by atoms with Crippen molar-refractivity contribution in [2.24, 2.45) is 13.5 Å². The molecule has 1 aliphatic rings. The van der Waals surface area contributed by atoms with Crippen LogP contribution in [0.25, 0.3) is 0 Å². The molecule has 0 amide bonds. The molecule has 1 atom stereocenters. The monoisotopic (exact) mass is 833 g/mol. The van der Waals surface area contributed by atoms with Gasteiger partial charge in [-0.2, -0.15) is 0 Å². The number of hydrogen-bond donors (Lipinski definition) is 0. The Morgan fingerprint density at radius 1 is 0.466 bits per heavy atom. The van der Waals surface area contributed by atoms with Crippen molar-refractivity contribution in [3.63, 3.8) is 0 Å². The number of aryl methyl sites for hydroxylation is 1. The zero-order chi connectivity index (χ0) is 40.1. The number of ether oxygens (including phenoxy) is 1. The van der Waals surface area contributed by atoms with Gasteiger partial charge in [-0.3, -0.25) is 0 Å². The summed E-state index contributed by atoms with van der Waals surface area (Å²) in [5.74, 6) is 2.22. The van der Waals surface area contributed by atoms with Gasteiger partial charge in [0.1, 0.15) is 34.5 Å². The molecule has 7 rings (SSSR count). The van der Waals surface area contributed by atoms with Crippen LogP contribution in [-0.2, 0) is 16.0 Å². The Bertz CT molecular complexity index is 2300. The summed E-state index contributed by atoms with van der Waals surface area (Å²) >= 11 is 0. The molecule has 0 spiro atoms. The van der Waals surface area contributed by atoms with Gasteiger partial charge in [-0.1, -0.05) is 129 Å². The van der Waals surface area contributed by atoms with Crippen molar-refractivity contribution in [2.45, 2.75) is 26.2 Å². The van der Waals surface area contributed by atoms with Crippen LogP contribution in [0.5, 0.6) is 34.5 Å². The topological polar surface area (TPSA) is 119 Å². The van der Waals surface area contributed by atoms with Crippen molar-refractivity contribution in [2.75, 3.05) is 6.61 Å². The Kier molecular flexibility index (Phi) is 13.2. The average Bonchev–Trinajstić information content (AvgIpc) is 3.22.